The van der Waals surface area contributed by atoms with Gasteiger partial charge in [-0.15, -0.1) is 0 Å². The first-order chi connectivity index (χ1) is 11.3. The number of aromatic nitrogens is 2. The fourth-order valence-electron chi connectivity index (χ4n) is 3.07. The van der Waals surface area contributed by atoms with Gasteiger partial charge in [0, 0.05) is 18.8 Å². The zero-order valence-electron chi connectivity index (χ0n) is 13.4. The van der Waals surface area contributed by atoms with Crippen LogP contribution in [0.5, 0.6) is 0 Å². The molecule has 1 aromatic heterocycles. The molecule has 1 unspecified atom stereocenters. The van der Waals surface area contributed by atoms with Crippen LogP contribution in [0, 0.1) is 11.3 Å². The van der Waals surface area contributed by atoms with Crippen LogP contribution in [0.4, 0.5) is 17.5 Å². The standard InChI is InChI=1S/C18H21N5/c1-2-15-8-5-6-12-23(15)18-20-11-10-17(22-18)21-16-9-4-3-7-14(16)13-19/h3-4,7,9-11,15H,2,5-6,8,12H2,1H3,(H,20,21,22). The van der Waals surface area contributed by atoms with Gasteiger partial charge in [-0.05, 0) is 43.9 Å². The maximum atomic E-state index is 9.19. The summed E-state index contributed by atoms with van der Waals surface area (Å²) in [5.74, 6) is 1.49. The molecule has 1 atom stereocenters. The Labute approximate surface area is 137 Å². The minimum atomic E-state index is 0.519. The van der Waals surface area contributed by atoms with E-state index < -0.39 is 0 Å². The summed E-state index contributed by atoms with van der Waals surface area (Å²) in [6.07, 6.45) is 6.56. The van der Waals surface area contributed by atoms with Gasteiger partial charge in [0.05, 0.1) is 11.3 Å². The van der Waals surface area contributed by atoms with E-state index in [1.165, 1.54) is 19.3 Å². The monoisotopic (exact) mass is 307 g/mol. The molecule has 0 aliphatic carbocycles. The molecule has 0 spiro atoms. The van der Waals surface area contributed by atoms with Gasteiger partial charge in [-0.3, -0.25) is 0 Å². The number of anilines is 3. The molecule has 23 heavy (non-hydrogen) atoms. The third-order valence-electron chi connectivity index (χ3n) is 4.31. The molecule has 1 aliphatic rings. The predicted octanol–water partition coefficient (Wildman–Crippen LogP) is 3.86. The molecule has 2 heterocycles. The van der Waals surface area contributed by atoms with E-state index in [1.54, 1.807) is 12.3 Å². The lowest BCUT2D eigenvalue weighted by Gasteiger charge is -2.35. The average molecular weight is 307 g/mol. The maximum absolute atomic E-state index is 9.19. The Kier molecular flexibility index (Phi) is 4.72. The van der Waals surface area contributed by atoms with E-state index >= 15 is 0 Å². The lowest BCUT2D eigenvalue weighted by atomic mass is 10.0. The van der Waals surface area contributed by atoms with Gasteiger partial charge in [0.1, 0.15) is 11.9 Å². The third kappa shape index (κ3) is 3.42. The summed E-state index contributed by atoms with van der Waals surface area (Å²) >= 11 is 0. The van der Waals surface area contributed by atoms with Crippen LogP contribution in [0.3, 0.4) is 0 Å². The van der Waals surface area contributed by atoms with Crippen molar-refractivity contribution in [1.82, 2.24) is 9.97 Å². The lowest BCUT2D eigenvalue weighted by molar-refractivity contribution is 0.443. The van der Waals surface area contributed by atoms with Crippen LogP contribution in [-0.2, 0) is 0 Å². The number of piperidine rings is 1. The Balaban J connectivity index is 1.84. The molecule has 1 saturated heterocycles. The molecule has 5 heteroatoms. The van der Waals surface area contributed by atoms with Gasteiger partial charge >= 0.3 is 0 Å². The summed E-state index contributed by atoms with van der Waals surface area (Å²) in [7, 11) is 0. The molecule has 3 rings (SSSR count). The predicted molar refractivity (Wildman–Crippen MR) is 91.7 cm³/mol. The van der Waals surface area contributed by atoms with E-state index in [2.05, 4.69) is 33.2 Å². The van der Waals surface area contributed by atoms with Gasteiger partial charge in [0.25, 0.3) is 0 Å². The first-order valence-electron chi connectivity index (χ1n) is 8.17. The summed E-state index contributed by atoms with van der Waals surface area (Å²) < 4.78 is 0. The molecule has 0 saturated carbocycles. The molecule has 0 bridgehead atoms. The van der Waals surface area contributed by atoms with E-state index in [4.69, 9.17) is 0 Å². The number of rotatable bonds is 4. The average Bonchev–Trinajstić information content (AvgIpc) is 2.62. The molecular formula is C18H21N5. The normalized spacial score (nSPS) is 17.6. The summed E-state index contributed by atoms with van der Waals surface area (Å²) in [4.78, 5) is 11.4. The second kappa shape index (κ2) is 7.10. The highest BCUT2D eigenvalue weighted by Gasteiger charge is 2.23. The van der Waals surface area contributed by atoms with Crippen molar-refractivity contribution in [3.05, 3.63) is 42.1 Å². The first-order valence-corrected chi connectivity index (χ1v) is 8.17. The Morgan fingerprint density at radius 3 is 3.00 bits per heavy atom. The largest absolute Gasteiger partial charge is 0.339 e. The van der Waals surface area contributed by atoms with Crippen molar-refractivity contribution in [2.24, 2.45) is 0 Å². The molecule has 118 valence electrons. The molecule has 1 N–H and O–H groups in total. The SMILES string of the molecule is CCC1CCCCN1c1nccc(Nc2ccccc2C#N)n1. The Morgan fingerprint density at radius 2 is 2.17 bits per heavy atom. The van der Waals surface area contributed by atoms with Crippen molar-refractivity contribution >= 4 is 17.5 Å². The quantitative estimate of drug-likeness (QED) is 0.929. The van der Waals surface area contributed by atoms with Gasteiger partial charge in [0.15, 0.2) is 0 Å². The summed E-state index contributed by atoms with van der Waals surface area (Å²) in [5.41, 5.74) is 1.38. The fraction of sp³-hybridized carbons (Fsp3) is 0.389. The number of para-hydroxylation sites is 1. The van der Waals surface area contributed by atoms with Crippen molar-refractivity contribution in [3.8, 4) is 6.07 Å². The van der Waals surface area contributed by atoms with Crippen LogP contribution in [0.2, 0.25) is 0 Å². The number of nitrogens with zero attached hydrogens (tertiary/aromatic N) is 4. The van der Waals surface area contributed by atoms with Crippen molar-refractivity contribution < 1.29 is 0 Å². The van der Waals surface area contributed by atoms with E-state index in [0.717, 1.165) is 30.4 Å². The molecule has 0 amide bonds. The van der Waals surface area contributed by atoms with Gasteiger partial charge in [0.2, 0.25) is 5.95 Å². The van der Waals surface area contributed by atoms with E-state index in [-0.39, 0.29) is 0 Å². The number of nitriles is 1. The highest BCUT2D eigenvalue weighted by Crippen LogP contribution is 2.25. The first kappa shape index (κ1) is 15.3. The second-order valence-electron chi connectivity index (χ2n) is 5.78. The van der Waals surface area contributed by atoms with Crippen LogP contribution in [0.15, 0.2) is 36.5 Å². The molecule has 1 fully saturated rings. The zero-order valence-corrected chi connectivity index (χ0v) is 13.4. The molecule has 5 nitrogen and oxygen atoms in total. The van der Waals surface area contributed by atoms with Crippen molar-refractivity contribution in [2.45, 2.75) is 38.6 Å². The van der Waals surface area contributed by atoms with Crippen LogP contribution in [0.25, 0.3) is 0 Å². The highest BCUT2D eigenvalue weighted by molar-refractivity contribution is 5.64. The Morgan fingerprint density at radius 1 is 1.30 bits per heavy atom. The lowest BCUT2D eigenvalue weighted by Crippen LogP contribution is -2.40. The Hall–Kier alpha value is -2.61. The van der Waals surface area contributed by atoms with Crippen molar-refractivity contribution in [2.75, 3.05) is 16.8 Å². The number of hydrogen-bond acceptors (Lipinski definition) is 5. The molecular weight excluding hydrogens is 286 g/mol. The van der Waals surface area contributed by atoms with Crippen LogP contribution >= 0.6 is 0 Å². The maximum Gasteiger partial charge on any atom is 0.227 e. The molecule has 2 aromatic rings. The zero-order chi connectivity index (χ0) is 16.1. The summed E-state index contributed by atoms with van der Waals surface area (Å²) in [6, 6.07) is 12.0. The highest BCUT2D eigenvalue weighted by atomic mass is 15.3. The van der Waals surface area contributed by atoms with Crippen LogP contribution in [0.1, 0.15) is 38.2 Å². The second-order valence-corrected chi connectivity index (χ2v) is 5.78. The van der Waals surface area contributed by atoms with Gasteiger partial charge in [-0.2, -0.15) is 10.2 Å². The summed E-state index contributed by atoms with van der Waals surface area (Å²) in [5, 5.41) is 12.4. The summed E-state index contributed by atoms with van der Waals surface area (Å²) in [6.45, 7) is 3.23. The van der Waals surface area contributed by atoms with Crippen molar-refractivity contribution in [3.63, 3.8) is 0 Å². The number of hydrogen-bond donors (Lipinski definition) is 1. The fourth-order valence-corrected chi connectivity index (χ4v) is 3.07. The minimum absolute atomic E-state index is 0.519. The Bertz CT molecular complexity index is 707. The topological polar surface area (TPSA) is 64.8 Å². The van der Waals surface area contributed by atoms with E-state index in [0.29, 0.717) is 11.6 Å². The van der Waals surface area contributed by atoms with E-state index in [1.807, 2.05) is 24.3 Å². The number of benzene rings is 1. The minimum Gasteiger partial charge on any atom is -0.339 e. The number of nitrogens with one attached hydrogen (secondary N) is 1. The molecule has 1 aliphatic heterocycles. The van der Waals surface area contributed by atoms with Gasteiger partial charge < -0.3 is 10.2 Å². The van der Waals surface area contributed by atoms with Gasteiger partial charge in [-0.1, -0.05) is 19.1 Å². The third-order valence-corrected chi connectivity index (χ3v) is 4.31. The smallest absolute Gasteiger partial charge is 0.227 e. The molecule has 1 aromatic carbocycles. The van der Waals surface area contributed by atoms with Crippen LogP contribution in [-0.4, -0.2) is 22.6 Å². The van der Waals surface area contributed by atoms with Crippen molar-refractivity contribution in [1.29, 1.82) is 5.26 Å². The van der Waals surface area contributed by atoms with E-state index in [9.17, 15) is 5.26 Å². The molecule has 0 radical (unpaired) electrons. The van der Waals surface area contributed by atoms with Crippen LogP contribution < -0.4 is 10.2 Å². The van der Waals surface area contributed by atoms with Gasteiger partial charge in [-0.25, -0.2) is 4.98 Å².